The van der Waals surface area contributed by atoms with Crippen molar-refractivity contribution in [3.63, 3.8) is 0 Å². The van der Waals surface area contributed by atoms with E-state index in [-0.39, 0.29) is 0 Å². The summed E-state index contributed by atoms with van der Waals surface area (Å²) in [7, 11) is 0. The fourth-order valence-electron chi connectivity index (χ4n) is 2.51. The van der Waals surface area contributed by atoms with Gasteiger partial charge in [-0.25, -0.2) is 0 Å². The van der Waals surface area contributed by atoms with Gasteiger partial charge in [-0.2, -0.15) is 0 Å². The van der Waals surface area contributed by atoms with Gasteiger partial charge in [-0.1, -0.05) is 26.2 Å². The molecule has 0 heterocycles. The Morgan fingerprint density at radius 1 is 1.07 bits per heavy atom. The lowest BCUT2D eigenvalue weighted by Gasteiger charge is -2.33. The van der Waals surface area contributed by atoms with Crippen LogP contribution in [0, 0.1) is 5.41 Å². The van der Waals surface area contributed by atoms with Crippen LogP contribution in [0.4, 0.5) is 0 Å². The van der Waals surface area contributed by atoms with E-state index in [1.165, 1.54) is 45.1 Å². The summed E-state index contributed by atoms with van der Waals surface area (Å²) in [6.07, 6.45) is 10.4. The molecule has 0 spiro atoms. The van der Waals surface area contributed by atoms with E-state index in [0.717, 1.165) is 19.4 Å². The molecule has 0 saturated heterocycles. The molecule has 1 saturated carbocycles. The van der Waals surface area contributed by atoms with Crippen molar-refractivity contribution >= 4 is 0 Å². The van der Waals surface area contributed by atoms with Gasteiger partial charge in [0, 0.05) is 13.2 Å². The van der Waals surface area contributed by atoms with E-state index < -0.39 is 0 Å². The van der Waals surface area contributed by atoms with Crippen molar-refractivity contribution < 1.29 is 5.11 Å². The highest BCUT2D eigenvalue weighted by Gasteiger charge is 2.25. The van der Waals surface area contributed by atoms with E-state index in [1.807, 2.05) is 0 Å². The molecule has 0 amide bonds. The van der Waals surface area contributed by atoms with Gasteiger partial charge in [0.25, 0.3) is 0 Å². The maximum Gasteiger partial charge on any atom is 0.0431 e. The molecule has 1 fully saturated rings. The predicted molar refractivity (Wildman–Crippen MR) is 65.0 cm³/mol. The molecule has 2 heteroatoms. The summed E-state index contributed by atoms with van der Waals surface area (Å²) in [4.78, 5) is 0. The quantitative estimate of drug-likeness (QED) is 0.637. The number of aliphatic hydroxyl groups excluding tert-OH is 1. The third kappa shape index (κ3) is 5.53. The van der Waals surface area contributed by atoms with E-state index in [2.05, 4.69) is 12.2 Å². The Morgan fingerprint density at radius 2 is 1.80 bits per heavy atom. The number of rotatable bonds is 7. The third-order valence-electron chi connectivity index (χ3n) is 3.62. The first-order chi connectivity index (χ1) is 7.27. The highest BCUT2D eigenvalue weighted by Crippen LogP contribution is 2.34. The third-order valence-corrected chi connectivity index (χ3v) is 3.62. The molecule has 0 atom stereocenters. The van der Waals surface area contributed by atoms with E-state index in [9.17, 15) is 0 Å². The first kappa shape index (κ1) is 13.0. The van der Waals surface area contributed by atoms with Crippen LogP contribution < -0.4 is 5.32 Å². The molecule has 2 N–H and O–H groups in total. The van der Waals surface area contributed by atoms with Crippen LogP contribution in [-0.4, -0.2) is 24.8 Å². The summed E-state index contributed by atoms with van der Waals surface area (Å²) < 4.78 is 0. The van der Waals surface area contributed by atoms with Gasteiger partial charge in [0.1, 0.15) is 0 Å². The summed E-state index contributed by atoms with van der Waals surface area (Å²) >= 11 is 0. The van der Waals surface area contributed by atoms with E-state index in [1.54, 1.807) is 0 Å². The Morgan fingerprint density at radius 3 is 2.47 bits per heavy atom. The van der Waals surface area contributed by atoms with Crippen molar-refractivity contribution in [3.8, 4) is 0 Å². The second-order valence-corrected chi connectivity index (χ2v) is 5.33. The van der Waals surface area contributed by atoms with Crippen molar-refractivity contribution in [3.05, 3.63) is 0 Å². The molecule has 0 bridgehead atoms. The lowest BCUT2D eigenvalue weighted by atomic mass is 9.76. The number of unbranched alkanes of at least 4 members (excludes halogenated alkanes) is 2. The Bertz CT molecular complexity index is 153. The highest BCUT2D eigenvalue weighted by atomic mass is 16.2. The Hall–Kier alpha value is -0.0800. The number of hydrogen-bond acceptors (Lipinski definition) is 2. The van der Waals surface area contributed by atoms with Crippen LogP contribution in [0.2, 0.25) is 0 Å². The van der Waals surface area contributed by atoms with Gasteiger partial charge in [-0.3, -0.25) is 0 Å². The Kier molecular flexibility index (Phi) is 6.26. The van der Waals surface area contributed by atoms with Crippen LogP contribution in [0.1, 0.15) is 58.3 Å². The summed E-state index contributed by atoms with van der Waals surface area (Å²) in [6.45, 7) is 5.08. The molecule has 2 nitrogen and oxygen atoms in total. The summed E-state index contributed by atoms with van der Waals surface area (Å²) in [5, 5.41) is 12.2. The molecule has 0 aromatic heterocycles. The summed E-state index contributed by atoms with van der Waals surface area (Å²) in [6, 6.07) is 0. The smallest absolute Gasteiger partial charge is 0.0431 e. The van der Waals surface area contributed by atoms with Gasteiger partial charge < -0.3 is 10.4 Å². The minimum Gasteiger partial charge on any atom is -0.396 e. The van der Waals surface area contributed by atoms with Crippen molar-refractivity contribution in [1.82, 2.24) is 5.32 Å². The zero-order valence-corrected chi connectivity index (χ0v) is 10.2. The maximum absolute atomic E-state index is 8.65. The molecule has 0 aromatic carbocycles. The number of aliphatic hydroxyl groups is 1. The lowest BCUT2D eigenvalue weighted by molar-refractivity contribution is 0.207. The van der Waals surface area contributed by atoms with Gasteiger partial charge >= 0.3 is 0 Å². The van der Waals surface area contributed by atoms with Crippen LogP contribution in [0.25, 0.3) is 0 Å². The normalized spacial score (nSPS) is 20.4. The minimum absolute atomic E-state index is 0.345. The van der Waals surface area contributed by atoms with Crippen molar-refractivity contribution in [2.75, 3.05) is 19.7 Å². The number of hydrogen-bond donors (Lipinski definition) is 2. The molecule has 0 radical (unpaired) electrons. The van der Waals surface area contributed by atoms with Gasteiger partial charge in [0.2, 0.25) is 0 Å². The molecule has 15 heavy (non-hydrogen) atoms. The van der Waals surface area contributed by atoms with Crippen molar-refractivity contribution in [1.29, 1.82) is 0 Å². The first-order valence-electron chi connectivity index (χ1n) is 6.58. The van der Waals surface area contributed by atoms with Crippen LogP contribution in [0.3, 0.4) is 0 Å². The predicted octanol–water partition coefficient (Wildman–Crippen LogP) is 2.71. The fourth-order valence-corrected chi connectivity index (χ4v) is 2.51. The molecule has 0 aromatic rings. The minimum atomic E-state index is 0.345. The Balaban J connectivity index is 1.98. The second-order valence-electron chi connectivity index (χ2n) is 5.33. The largest absolute Gasteiger partial charge is 0.396 e. The molecule has 90 valence electrons. The Labute approximate surface area is 94.5 Å². The maximum atomic E-state index is 8.65. The number of nitrogens with one attached hydrogen (secondary N) is 1. The van der Waals surface area contributed by atoms with Gasteiger partial charge in [0.15, 0.2) is 0 Å². The molecular weight excluding hydrogens is 186 g/mol. The average molecular weight is 213 g/mol. The zero-order valence-electron chi connectivity index (χ0n) is 10.2. The fraction of sp³-hybridized carbons (Fsp3) is 1.00. The van der Waals surface area contributed by atoms with Crippen LogP contribution in [-0.2, 0) is 0 Å². The van der Waals surface area contributed by atoms with E-state index in [4.69, 9.17) is 5.11 Å². The van der Waals surface area contributed by atoms with Crippen LogP contribution >= 0.6 is 0 Å². The highest BCUT2D eigenvalue weighted by molar-refractivity contribution is 4.80. The lowest BCUT2D eigenvalue weighted by Crippen LogP contribution is -2.34. The summed E-state index contributed by atoms with van der Waals surface area (Å²) in [5.74, 6) is 0. The molecule has 0 unspecified atom stereocenters. The second kappa shape index (κ2) is 7.24. The zero-order chi connectivity index (χ0) is 11.0. The molecule has 1 rings (SSSR count). The average Bonchev–Trinajstić information content (AvgIpc) is 2.24. The van der Waals surface area contributed by atoms with E-state index in [0.29, 0.717) is 12.0 Å². The van der Waals surface area contributed by atoms with Crippen molar-refractivity contribution in [2.24, 2.45) is 5.41 Å². The van der Waals surface area contributed by atoms with Crippen LogP contribution in [0.5, 0.6) is 0 Å². The molecule has 1 aliphatic carbocycles. The van der Waals surface area contributed by atoms with Crippen molar-refractivity contribution in [2.45, 2.75) is 58.3 Å². The van der Waals surface area contributed by atoms with Gasteiger partial charge in [-0.15, -0.1) is 0 Å². The van der Waals surface area contributed by atoms with Gasteiger partial charge in [-0.05, 0) is 44.1 Å². The summed E-state index contributed by atoms with van der Waals surface area (Å²) in [5.41, 5.74) is 0.565. The van der Waals surface area contributed by atoms with E-state index >= 15 is 0 Å². The van der Waals surface area contributed by atoms with Crippen LogP contribution in [0.15, 0.2) is 0 Å². The monoisotopic (exact) mass is 213 g/mol. The standard InChI is InChI=1S/C13H27NO/c1-13(8-4-2-5-9-13)12-14-10-6-3-7-11-15/h14-15H,2-12H2,1H3. The molecule has 1 aliphatic rings. The SMILES string of the molecule is CC1(CNCCCCCO)CCCCC1. The topological polar surface area (TPSA) is 32.3 Å². The molecule has 0 aliphatic heterocycles. The molecular formula is C13H27NO. The first-order valence-corrected chi connectivity index (χ1v) is 6.58. The van der Waals surface area contributed by atoms with Gasteiger partial charge in [0.05, 0.1) is 0 Å².